The van der Waals surface area contributed by atoms with Gasteiger partial charge >= 0.3 is 0 Å². The van der Waals surface area contributed by atoms with Gasteiger partial charge in [0.15, 0.2) is 5.78 Å². The highest BCUT2D eigenvalue weighted by molar-refractivity contribution is 5.85. The standard InChI is InChI=1S/C10H13NO3/c12-10(6-8-2-1-4-14-8)9-7-13-5-3-11-9/h1-2,4,9,11H,3,5-7H2. The van der Waals surface area contributed by atoms with Crippen molar-refractivity contribution in [3.05, 3.63) is 24.2 Å². The van der Waals surface area contributed by atoms with Crippen molar-refractivity contribution in [1.29, 1.82) is 0 Å². The number of rotatable bonds is 3. The summed E-state index contributed by atoms with van der Waals surface area (Å²) in [7, 11) is 0. The fourth-order valence-electron chi connectivity index (χ4n) is 1.48. The number of carbonyl (C=O) groups excluding carboxylic acids is 1. The molecule has 1 saturated heterocycles. The number of ether oxygens (including phenoxy) is 1. The highest BCUT2D eigenvalue weighted by Gasteiger charge is 2.21. The van der Waals surface area contributed by atoms with E-state index in [9.17, 15) is 4.79 Å². The van der Waals surface area contributed by atoms with Crippen LogP contribution >= 0.6 is 0 Å². The summed E-state index contributed by atoms with van der Waals surface area (Å²) >= 11 is 0. The fraction of sp³-hybridized carbons (Fsp3) is 0.500. The van der Waals surface area contributed by atoms with E-state index in [2.05, 4.69) is 5.32 Å². The number of ketones is 1. The first-order valence-electron chi connectivity index (χ1n) is 4.72. The normalized spacial score (nSPS) is 22.1. The van der Waals surface area contributed by atoms with E-state index in [1.165, 1.54) is 0 Å². The molecule has 0 spiro atoms. The average molecular weight is 195 g/mol. The molecule has 1 aromatic rings. The summed E-state index contributed by atoms with van der Waals surface area (Å²) in [6.07, 6.45) is 1.92. The van der Waals surface area contributed by atoms with Crippen molar-refractivity contribution in [1.82, 2.24) is 5.32 Å². The second-order valence-corrected chi connectivity index (χ2v) is 3.30. The van der Waals surface area contributed by atoms with Crippen molar-refractivity contribution in [2.75, 3.05) is 19.8 Å². The van der Waals surface area contributed by atoms with E-state index in [1.54, 1.807) is 12.3 Å². The van der Waals surface area contributed by atoms with Crippen LogP contribution in [0.4, 0.5) is 0 Å². The van der Waals surface area contributed by atoms with Crippen LogP contribution < -0.4 is 5.32 Å². The van der Waals surface area contributed by atoms with Crippen LogP contribution in [0.5, 0.6) is 0 Å². The number of furan rings is 1. The van der Waals surface area contributed by atoms with E-state index in [-0.39, 0.29) is 11.8 Å². The summed E-state index contributed by atoms with van der Waals surface area (Å²) in [5, 5.41) is 3.12. The van der Waals surface area contributed by atoms with Gasteiger partial charge in [0.1, 0.15) is 5.76 Å². The molecule has 0 radical (unpaired) electrons. The second-order valence-electron chi connectivity index (χ2n) is 3.30. The molecule has 4 nitrogen and oxygen atoms in total. The summed E-state index contributed by atoms with van der Waals surface area (Å²) in [6, 6.07) is 3.42. The molecule has 1 aliphatic heterocycles. The Labute approximate surface area is 82.2 Å². The molecule has 0 bridgehead atoms. The molecule has 1 aliphatic rings. The van der Waals surface area contributed by atoms with E-state index in [0.29, 0.717) is 25.4 Å². The van der Waals surface area contributed by atoms with Crippen LogP contribution in [0.2, 0.25) is 0 Å². The van der Waals surface area contributed by atoms with E-state index in [0.717, 1.165) is 6.54 Å². The Bertz CT molecular complexity index is 288. The van der Waals surface area contributed by atoms with Crippen molar-refractivity contribution in [3.8, 4) is 0 Å². The Morgan fingerprint density at radius 2 is 2.57 bits per heavy atom. The number of nitrogens with one attached hydrogen (secondary N) is 1. The molecule has 76 valence electrons. The van der Waals surface area contributed by atoms with Gasteiger partial charge in [-0.1, -0.05) is 0 Å². The van der Waals surface area contributed by atoms with Crippen LogP contribution in [0.25, 0.3) is 0 Å². The smallest absolute Gasteiger partial charge is 0.159 e. The first-order valence-corrected chi connectivity index (χ1v) is 4.72. The number of hydrogen-bond acceptors (Lipinski definition) is 4. The van der Waals surface area contributed by atoms with Gasteiger partial charge in [0, 0.05) is 6.54 Å². The lowest BCUT2D eigenvalue weighted by molar-refractivity contribution is -0.123. The summed E-state index contributed by atoms with van der Waals surface area (Å²) < 4.78 is 10.3. The number of hydrogen-bond donors (Lipinski definition) is 1. The van der Waals surface area contributed by atoms with Gasteiger partial charge in [-0.15, -0.1) is 0 Å². The van der Waals surface area contributed by atoms with Crippen molar-refractivity contribution < 1.29 is 13.9 Å². The summed E-state index contributed by atoms with van der Waals surface area (Å²) in [6.45, 7) is 1.90. The Kier molecular flexibility index (Phi) is 2.96. The molecule has 1 atom stereocenters. The molecule has 0 aromatic carbocycles. The zero-order chi connectivity index (χ0) is 9.80. The Balaban J connectivity index is 1.88. The predicted octanol–water partition coefficient (Wildman–Crippen LogP) is 0.380. The van der Waals surface area contributed by atoms with Crippen molar-refractivity contribution in [2.45, 2.75) is 12.5 Å². The molecule has 0 aliphatic carbocycles. The first kappa shape index (κ1) is 9.43. The van der Waals surface area contributed by atoms with Crippen molar-refractivity contribution in [2.24, 2.45) is 0 Å². The summed E-state index contributed by atoms with van der Waals surface area (Å²) in [5.74, 6) is 0.835. The van der Waals surface area contributed by atoms with Crippen LogP contribution in [0.3, 0.4) is 0 Å². The molecule has 1 N–H and O–H groups in total. The maximum atomic E-state index is 11.7. The molecule has 2 rings (SSSR count). The van der Waals surface area contributed by atoms with Gasteiger partial charge in [0.25, 0.3) is 0 Å². The van der Waals surface area contributed by atoms with Gasteiger partial charge in [0.05, 0.1) is 31.9 Å². The van der Waals surface area contributed by atoms with Gasteiger partial charge in [-0.25, -0.2) is 0 Å². The molecular weight excluding hydrogens is 182 g/mol. The van der Waals surface area contributed by atoms with Crippen LogP contribution in [-0.2, 0) is 16.0 Å². The number of Topliss-reactive ketones (excluding diaryl/α,β-unsaturated/α-hetero) is 1. The molecule has 0 amide bonds. The molecule has 14 heavy (non-hydrogen) atoms. The van der Waals surface area contributed by atoms with Gasteiger partial charge in [-0.05, 0) is 12.1 Å². The van der Waals surface area contributed by atoms with Crippen LogP contribution in [0.15, 0.2) is 22.8 Å². The molecule has 1 aromatic heterocycles. The van der Waals surface area contributed by atoms with Gasteiger partial charge in [-0.2, -0.15) is 0 Å². The maximum Gasteiger partial charge on any atom is 0.159 e. The second kappa shape index (κ2) is 4.39. The molecule has 4 heteroatoms. The zero-order valence-corrected chi connectivity index (χ0v) is 7.86. The Morgan fingerprint density at radius 1 is 1.64 bits per heavy atom. The van der Waals surface area contributed by atoms with Gasteiger partial charge in [0.2, 0.25) is 0 Å². The maximum absolute atomic E-state index is 11.7. The van der Waals surface area contributed by atoms with E-state index >= 15 is 0 Å². The summed E-state index contributed by atoms with van der Waals surface area (Å²) in [4.78, 5) is 11.7. The number of morpholine rings is 1. The SMILES string of the molecule is O=C(Cc1ccco1)C1COCCN1. The molecule has 1 unspecified atom stereocenters. The third-order valence-electron chi connectivity index (χ3n) is 2.24. The summed E-state index contributed by atoms with van der Waals surface area (Å²) in [5.41, 5.74) is 0. The van der Waals surface area contributed by atoms with Crippen LogP contribution in [0.1, 0.15) is 5.76 Å². The lowest BCUT2D eigenvalue weighted by Crippen LogP contribution is -2.47. The fourth-order valence-corrected chi connectivity index (χ4v) is 1.48. The van der Waals surface area contributed by atoms with Gasteiger partial charge in [-0.3, -0.25) is 4.79 Å². The topological polar surface area (TPSA) is 51.5 Å². The monoisotopic (exact) mass is 195 g/mol. The quantitative estimate of drug-likeness (QED) is 0.757. The molecule has 2 heterocycles. The molecular formula is C10H13NO3. The van der Waals surface area contributed by atoms with E-state index in [4.69, 9.17) is 9.15 Å². The van der Waals surface area contributed by atoms with Crippen molar-refractivity contribution >= 4 is 5.78 Å². The minimum absolute atomic E-state index is 0.125. The molecule has 0 saturated carbocycles. The third-order valence-corrected chi connectivity index (χ3v) is 2.24. The zero-order valence-electron chi connectivity index (χ0n) is 7.86. The lowest BCUT2D eigenvalue weighted by atomic mass is 10.1. The van der Waals surface area contributed by atoms with Crippen LogP contribution in [0, 0.1) is 0 Å². The Hall–Kier alpha value is -1.13. The largest absolute Gasteiger partial charge is 0.469 e. The van der Waals surface area contributed by atoms with Crippen LogP contribution in [-0.4, -0.2) is 31.6 Å². The Morgan fingerprint density at radius 3 is 3.21 bits per heavy atom. The highest BCUT2D eigenvalue weighted by atomic mass is 16.5. The van der Waals surface area contributed by atoms with Gasteiger partial charge < -0.3 is 14.5 Å². The third kappa shape index (κ3) is 2.21. The predicted molar refractivity (Wildman–Crippen MR) is 50.0 cm³/mol. The average Bonchev–Trinajstić information content (AvgIpc) is 2.72. The first-order chi connectivity index (χ1) is 6.86. The molecule has 1 fully saturated rings. The highest BCUT2D eigenvalue weighted by Crippen LogP contribution is 2.04. The number of carbonyl (C=O) groups is 1. The van der Waals surface area contributed by atoms with Crippen molar-refractivity contribution in [3.63, 3.8) is 0 Å². The van der Waals surface area contributed by atoms with E-state index < -0.39 is 0 Å². The minimum Gasteiger partial charge on any atom is -0.469 e. The minimum atomic E-state index is -0.172. The van der Waals surface area contributed by atoms with E-state index in [1.807, 2.05) is 6.07 Å². The lowest BCUT2D eigenvalue weighted by Gasteiger charge is -2.22.